The Bertz CT molecular complexity index is 1480. The second-order valence-corrected chi connectivity index (χ2v) is 8.60. The quantitative estimate of drug-likeness (QED) is 0.184. The third kappa shape index (κ3) is 6.83. The van der Waals surface area contributed by atoms with Gasteiger partial charge in [0.1, 0.15) is 13.2 Å². The Labute approximate surface area is 223 Å². The summed E-state index contributed by atoms with van der Waals surface area (Å²) in [7, 11) is 0. The van der Waals surface area contributed by atoms with Gasteiger partial charge >= 0.3 is 0 Å². The fourth-order valence-corrected chi connectivity index (χ4v) is 3.93. The lowest BCUT2D eigenvalue weighted by Crippen LogP contribution is -2.04. The third-order valence-corrected chi connectivity index (χ3v) is 5.88. The van der Waals surface area contributed by atoms with Crippen LogP contribution in [0.4, 0.5) is 0 Å². The number of hydrogen-bond donors (Lipinski definition) is 0. The van der Waals surface area contributed by atoms with Crippen molar-refractivity contribution in [1.82, 2.24) is 9.97 Å². The lowest BCUT2D eigenvalue weighted by molar-refractivity contribution is 0.251. The van der Waals surface area contributed by atoms with Crippen molar-refractivity contribution in [3.8, 4) is 11.5 Å². The molecule has 3 aromatic carbocycles. The summed E-state index contributed by atoms with van der Waals surface area (Å²) in [5, 5.41) is 0. The summed E-state index contributed by atoms with van der Waals surface area (Å²) in [4.78, 5) is 8.83. The molecule has 0 fully saturated rings. The van der Waals surface area contributed by atoms with E-state index in [1.54, 1.807) is 12.4 Å². The first kappa shape index (κ1) is 24.7. The normalized spacial score (nSPS) is 11.2. The average molecular weight is 497 g/mol. The van der Waals surface area contributed by atoms with Gasteiger partial charge in [-0.3, -0.25) is 9.97 Å². The highest BCUT2D eigenvalue weighted by Crippen LogP contribution is 2.37. The third-order valence-electron chi connectivity index (χ3n) is 5.88. The highest BCUT2D eigenvalue weighted by atomic mass is 16.5. The fraction of sp³-hybridized carbons (Fsp3) is 0.0588. The van der Waals surface area contributed by atoms with E-state index in [-0.39, 0.29) is 0 Å². The summed E-state index contributed by atoms with van der Waals surface area (Å²) in [6.07, 6.45) is 11.9. The maximum absolute atomic E-state index is 6.43. The zero-order chi connectivity index (χ0) is 25.8. The van der Waals surface area contributed by atoms with E-state index in [0.29, 0.717) is 24.7 Å². The zero-order valence-corrected chi connectivity index (χ0v) is 21.0. The molecule has 38 heavy (non-hydrogen) atoms. The molecule has 0 N–H and O–H groups in total. The molecule has 4 nitrogen and oxygen atoms in total. The van der Waals surface area contributed by atoms with E-state index in [1.807, 2.05) is 78.9 Å². The van der Waals surface area contributed by atoms with Crippen LogP contribution < -0.4 is 9.47 Å². The molecule has 0 atom stereocenters. The van der Waals surface area contributed by atoms with Gasteiger partial charge in [-0.25, -0.2) is 0 Å². The van der Waals surface area contributed by atoms with Gasteiger partial charge in [0, 0.05) is 18.0 Å². The minimum atomic E-state index is 0.318. The van der Waals surface area contributed by atoms with E-state index >= 15 is 0 Å². The summed E-state index contributed by atoms with van der Waals surface area (Å²) in [5.74, 6) is 1.31. The standard InChI is InChI=1S/C34H28N2O2/c1-3-11-27(12-4-1)17-19-29-20-22-33(37-25-30-15-7-9-23-35-30)34(38-26-31-16-8-10-24-36-31)32(29)21-18-28-13-5-2-6-14-28/h1-24H,25-26H2. The summed E-state index contributed by atoms with van der Waals surface area (Å²) in [6.45, 7) is 0.653. The topological polar surface area (TPSA) is 44.2 Å². The monoisotopic (exact) mass is 496 g/mol. The van der Waals surface area contributed by atoms with Crippen LogP contribution in [-0.2, 0) is 13.2 Å². The number of ether oxygens (including phenoxy) is 2. The van der Waals surface area contributed by atoms with Gasteiger partial charge in [-0.15, -0.1) is 0 Å². The van der Waals surface area contributed by atoms with Gasteiger partial charge in [-0.2, -0.15) is 0 Å². The summed E-state index contributed by atoms with van der Waals surface area (Å²) in [6, 6.07) is 36.1. The van der Waals surface area contributed by atoms with E-state index in [9.17, 15) is 0 Å². The molecule has 0 radical (unpaired) electrons. The number of hydrogen-bond acceptors (Lipinski definition) is 4. The second kappa shape index (κ2) is 12.8. The van der Waals surface area contributed by atoms with Gasteiger partial charge < -0.3 is 9.47 Å². The van der Waals surface area contributed by atoms with Crippen molar-refractivity contribution in [2.24, 2.45) is 0 Å². The van der Waals surface area contributed by atoms with Crippen molar-refractivity contribution < 1.29 is 9.47 Å². The van der Waals surface area contributed by atoms with Gasteiger partial charge in [0.2, 0.25) is 0 Å². The second-order valence-electron chi connectivity index (χ2n) is 8.60. The van der Waals surface area contributed by atoms with Crippen molar-refractivity contribution in [1.29, 1.82) is 0 Å². The Morgan fingerprint density at radius 1 is 0.500 bits per heavy atom. The van der Waals surface area contributed by atoms with E-state index in [2.05, 4.69) is 64.6 Å². The van der Waals surface area contributed by atoms with Crippen molar-refractivity contribution in [2.75, 3.05) is 0 Å². The first-order valence-corrected chi connectivity index (χ1v) is 12.5. The van der Waals surface area contributed by atoms with Crippen LogP contribution in [0.2, 0.25) is 0 Å². The maximum Gasteiger partial charge on any atom is 0.169 e. The SMILES string of the molecule is C(=Cc1ccc(OCc2ccccn2)c(OCc2ccccn2)c1C=Cc1ccccc1)c1ccccc1. The predicted molar refractivity (Wildman–Crippen MR) is 154 cm³/mol. The van der Waals surface area contributed by atoms with Crippen molar-refractivity contribution in [2.45, 2.75) is 13.2 Å². The van der Waals surface area contributed by atoms with Crippen LogP contribution in [0.3, 0.4) is 0 Å². The molecule has 0 saturated carbocycles. The van der Waals surface area contributed by atoms with Crippen LogP contribution in [-0.4, -0.2) is 9.97 Å². The molecule has 0 aliphatic carbocycles. The molecular formula is C34H28N2O2. The van der Waals surface area contributed by atoms with Crippen molar-refractivity contribution >= 4 is 24.3 Å². The molecule has 186 valence electrons. The van der Waals surface area contributed by atoms with Gasteiger partial charge in [-0.05, 0) is 53.1 Å². The molecule has 5 aromatic rings. The highest BCUT2D eigenvalue weighted by molar-refractivity contribution is 5.83. The van der Waals surface area contributed by atoms with Crippen LogP contribution in [0.25, 0.3) is 24.3 Å². The van der Waals surface area contributed by atoms with Gasteiger partial charge in [0.25, 0.3) is 0 Å². The molecule has 2 aromatic heterocycles. The number of benzene rings is 3. The van der Waals surface area contributed by atoms with Gasteiger partial charge in [-0.1, -0.05) is 97.1 Å². The van der Waals surface area contributed by atoms with Crippen LogP contribution >= 0.6 is 0 Å². The molecule has 0 saturated heterocycles. The molecule has 0 amide bonds. The fourth-order valence-electron chi connectivity index (χ4n) is 3.93. The lowest BCUT2D eigenvalue weighted by atomic mass is 10.0. The smallest absolute Gasteiger partial charge is 0.169 e. The predicted octanol–water partition coefficient (Wildman–Crippen LogP) is 7.98. The molecule has 0 aliphatic heterocycles. The molecular weight excluding hydrogens is 468 g/mol. The molecule has 0 spiro atoms. The molecule has 2 heterocycles. The number of aromatic nitrogens is 2. The minimum Gasteiger partial charge on any atom is -0.483 e. The van der Waals surface area contributed by atoms with Crippen LogP contribution in [0, 0.1) is 0 Å². The molecule has 4 heteroatoms. The average Bonchev–Trinajstić information content (AvgIpc) is 2.99. The number of nitrogens with zero attached hydrogens (tertiary/aromatic N) is 2. The van der Waals surface area contributed by atoms with Crippen LogP contribution in [0.1, 0.15) is 33.6 Å². The van der Waals surface area contributed by atoms with E-state index in [1.165, 1.54) is 0 Å². The van der Waals surface area contributed by atoms with E-state index in [0.717, 1.165) is 33.6 Å². The first-order valence-electron chi connectivity index (χ1n) is 12.5. The summed E-state index contributed by atoms with van der Waals surface area (Å²) >= 11 is 0. The Balaban J connectivity index is 1.55. The zero-order valence-electron chi connectivity index (χ0n) is 21.0. The van der Waals surface area contributed by atoms with E-state index < -0.39 is 0 Å². The maximum atomic E-state index is 6.43. The Morgan fingerprint density at radius 3 is 1.63 bits per heavy atom. The van der Waals surface area contributed by atoms with Crippen molar-refractivity contribution in [3.63, 3.8) is 0 Å². The van der Waals surface area contributed by atoms with E-state index in [4.69, 9.17) is 9.47 Å². The Morgan fingerprint density at radius 2 is 1.05 bits per heavy atom. The summed E-state index contributed by atoms with van der Waals surface area (Å²) in [5.41, 5.74) is 5.85. The summed E-state index contributed by atoms with van der Waals surface area (Å²) < 4.78 is 12.7. The molecule has 0 bridgehead atoms. The molecule has 5 rings (SSSR count). The molecule has 0 unspecified atom stereocenters. The van der Waals surface area contributed by atoms with Crippen LogP contribution in [0.15, 0.2) is 122 Å². The largest absolute Gasteiger partial charge is 0.483 e. The lowest BCUT2D eigenvalue weighted by Gasteiger charge is -2.17. The Hall–Kier alpha value is -4.96. The highest BCUT2D eigenvalue weighted by Gasteiger charge is 2.15. The minimum absolute atomic E-state index is 0.318. The van der Waals surface area contributed by atoms with Crippen molar-refractivity contribution in [3.05, 3.63) is 155 Å². The number of rotatable bonds is 10. The Kier molecular flexibility index (Phi) is 8.35. The van der Waals surface area contributed by atoms with Gasteiger partial charge in [0.05, 0.1) is 11.4 Å². The molecule has 0 aliphatic rings. The van der Waals surface area contributed by atoms with Gasteiger partial charge in [0.15, 0.2) is 11.5 Å². The number of pyridine rings is 2. The van der Waals surface area contributed by atoms with Crippen LogP contribution in [0.5, 0.6) is 11.5 Å². The first-order chi connectivity index (χ1) is 18.8.